The molecule has 0 aromatic rings. The molecule has 0 spiro atoms. The minimum Gasteiger partial charge on any atom is -0.481 e. The second kappa shape index (κ2) is 21.2. The Bertz CT molecular complexity index is 500. The van der Waals surface area contributed by atoms with Crippen LogP contribution in [0.15, 0.2) is 0 Å². The Hall–Kier alpha value is -1.39. The van der Waals surface area contributed by atoms with E-state index in [4.69, 9.17) is 5.11 Å². The SMILES string of the molecule is O=C[C@H]1CC[C@H](CNC(=O)CCCCCCCCCCCCCCCCCCC(=O)O)CC1. The standard InChI is InChI=1S/C28H51NO4/c30-24-26-21-19-25(20-22-26)23-29-27(31)17-15-13-11-9-7-5-3-1-2-4-6-8-10-12-14-16-18-28(32)33/h24-26H,1-23H2,(H,29,31)(H,32,33)/t25-,26-. The first-order chi connectivity index (χ1) is 16.1. The Morgan fingerprint density at radius 1 is 0.636 bits per heavy atom. The van der Waals surface area contributed by atoms with Crippen molar-refractivity contribution in [1.82, 2.24) is 5.32 Å². The van der Waals surface area contributed by atoms with E-state index in [0.717, 1.165) is 64.2 Å². The summed E-state index contributed by atoms with van der Waals surface area (Å²) in [7, 11) is 0. The summed E-state index contributed by atoms with van der Waals surface area (Å²) in [6, 6.07) is 0. The highest BCUT2D eigenvalue weighted by Crippen LogP contribution is 2.27. The molecule has 1 aliphatic rings. The van der Waals surface area contributed by atoms with Gasteiger partial charge in [0, 0.05) is 25.3 Å². The van der Waals surface area contributed by atoms with Crippen LogP contribution in [-0.2, 0) is 14.4 Å². The fourth-order valence-electron chi connectivity index (χ4n) is 4.91. The van der Waals surface area contributed by atoms with Crippen LogP contribution < -0.4 is 5.32 Å². The Morgan fingerprint density at radius 2 is 1.03 bits per heavy atom. The number of carboxylic acid groups (broad SMARTS) is 1. The average molecular weight is 466 g/mol. The number of nitrogens with one attached hydrogen (secondary N) is 1. The van der Waals surface area contributed by atoms with Gasteiger partial charge in [-0.1, -0.05) is 89.9 Å². The van der Waals surface area contributed by atoms with Gasteiger partial charge in [-0.2, -0.15) is 0 Å². The molecular weight excluding hydrogens is 414 g/mol. The molecule has 0 aromatic carbocycles. The minimum absolute atomic E-state index is 0.200. The van der Waals surface area contributed by atoms with E-state index < -0.39 is 5.97 Å². The number of amides is 1. The fourth-order valence-corrected chi connectivity index (χ4v) is 4.91. The van der Waals surface area contributed by atoms with Gasteiger partial charge in [0.2, 0.25) is 5.91 Å². The van der Waals surface area contributed by atoms with Gasteiger partial charge < -0.3 is 15.2 Å². The van der Waals surface area contributed by atoms with E-state index in [1.54, 1.807) is 0 Å². The summed E-state index contributed by atoms with van der Waals surface area (Å²) in [5.74, 6) is 0.344. The van der Waals surface area contributed by atoms with Gasteiger partial charge in [0.25, 0.3) is 0 Å². The molecule has 0 unspecified atom stereocenters. The number of hydrogen-bond acceptors (Lipinski definition) is 3. The summed E-state index contributed by atoms with van der Waals surface area (Å²) >= 11 is 0. The highest BCUT2D eigenvalue weighted by atomic mass is 16.4. The summed E-state index contributed by atoms with van der Waals surface area (Å²) < 4.78 is 0. The number of carboxylic acids is 1. The van der Waals surface area contributed by atoms with E-state index in [9.17, 15) is 14.4 Å². The van der Waals surface area contributed by atoms with Crippen LogP contribution in [0.4, 0.5) is 0 Å². The Balaban J connectivity index is 1.74. The lowest BCUT2D eigenvalue weighted by atomic mass is 9.83. The predicted molar refractivity (Wildman–Crippen MR) is 135 cm³/mol. The van der Waals surface area contributed by atoms with Gasteiger partial charge in [0.15, 0.2) is 0 Å². The molecule has 0 atom stereocenters. The molecule has 5 nitrogen and oxygen atoms in total. The maximum atomic E-state index is 12.0. The monoisotopic (exact) mass is 465 g/mol. The molecule has 1 aliphatic carbocycles. The number of rotatable bonds is 22. The highest BCUT2D eigenvalue weighted by Gasteiger charge is 2.20. The van der Waals surface area contributed by atoms with Crippen LogP contribution in [0, 0.1) is 11.8 Å². The maximum absolute atomic E-state index is 12.0. The molecule has 0 aromatic heterocycles. The number of unbranched alkanes of at least 4 members (excludes halogenated alkanes) is 15. The third-order valence-corrected chi connectivity index (χ3v) is 7.22. The van der Waals surface area contributed by atoms with E-state index in [1.807, 2.05) is 0 Å². The van der Waals surface area contributed by atoms with Crippen LogP contribution >= 0.6 is 0 Å². The maximum Gasteiger partial charge on any atom is 0.303 e. The van der Waals surface area contributed by atoms with Crippen LogP contribution in [0.3, 0.4) is 0 Å². The molecule has 1 fully saturated rings. The molecule has 192 valence electrons. The summed E-state index contributed by atoms with van der Waals surface area (Å²) in [4.78, 5) is 33.2. The van der Waals surface area contributed by atoms with Crippen molar-refractivity contribution in [3.63, 3.8) is 0 Å². The van der Waals surface area contributed by atoms with Gasteiger partial charge >= 0.3 is 5.97 Å². The van der Waals surface area contributed by atoms with Crippen molar-refractivity contribution in [3.05, 3.63) is 0 Å². The quantitative estimate of drug-likeness (QED) is 0.131. The van der Waals surface area contributed by atoms with Crippen LogP contribution in [0.1, 0.15) is 141 Å². The zero-order chi connectivity index (χ0) is 24.0. The number of carbonyl (C=O) groups excluding carboxylic acids is 2. The van der Waals surface area contributed by atoms with Crippen molar-refractivity contribution in [3.8, 4) is 0 Å². The van der Waals surface area contributed by atoms with Crippen LogP contribution in [-0.4, -0.2) is 29.8 Å². The van der Waals surface area contributed by atoms with Crippen molar-refractivity contribution in [2.75, 3.05) is 6.54 Å². The van der Waals surface area contributed by atoms with Gasteiger partial charge in [0.1, 0.15) is 6.29 Å². The molecule has 33 heavy (non-hydrogen) atoms. The van der Waals surface area contributed by atoms with E-state index >= 15 is 0 Å². The Kier molecular flexibility index (Phi) is 19.0. The van der Waals surface area contributed by atoms with Crippen LogP contribution in [0.2, 0.25) is 0 Å². The zero-order valence-corrected chi connectivity index (χ0v) is 21.2. The van der Waals surface area contributed by atoms with E-state index in [1.165, 1.54) is 77.0 Å². The largest absolute Gasteiger partial charge is 0.481 e. The summed E-state index contributed by atoms with van der Waals surface area (Å²) in [6.07, 6.45) is 25.9. The lowest BCUT2D eigenvalue weighted by molar-refractivity contribution is -0.137. The number of carbonyl (C=O) groups is 3. The van der Waals surface area contributed by atoms with Gasteiger partial charge in [-0.05, 0) is 44.4 Å². The first-order valence-corrected chi connectivity index (χ1v) is 14.1. The van der Waals surface area contributed by atoms with E-state index in [-0.39, 0.29) is 11.8 Å². The van der Waals surface area contributed by atoms with Crippen molar-refractivity contribution >= 4 is 18.2 Å². The van der Waals surface area contributed by atoms with Gasteiger partial charge in [-0.25, -0.2) is 0 Å². The summed E-state index contributed by atoms with van der Waals surface area (Å²) in [5, 5.41) is 11.7. The van der Waals surface area contributed by atoms with Crippen LogP contribution in [0.25, 0.3) is 0 Å². The van der Waals surface area contributed by atoms with Crippen LogP contribution in [0.5, 0.6) is 0 Å². The third-order valence-electron chi connectivity index (χ3n) is 7.22. The molecule has 5 heteroatoms. The summed E-state index contributed by atoms with van der Waals surface area (Å²) in [5.41, 5.74) is 0. The molecule has 1 amide bonds. The molecule has 2 N–H and O–H groups in total. The highest BCUT2D eigenvalue weighted by molar-refractivity contribution is 5.75. The second-order valence-corrected chi connectivity index (χ2v) is 10.3. The lowest BCUT2D eigenvalue weighted by Gasteiger charge is -2.25. The summed E-state index contributed by atoms with van der Waals surface area (Å²) in [6.45, 7) is 0.791. The van der Waals surface area contributed by atoms with E-state index in [0.29, 0.717) is 18.8 Å². The zero-order valence-electron chi connectivity index (χ0n) is 21.2. The topological polar surface area (TPSA) is 83.5 Å². The normalized spacial score (nSPS) is 18.2. The minimum atomic E-state index is -0.670. The molecule has 0 radical (unpaired) electrons. The van der Waals surface area contributed by atoms with Gasteiger partial charge in [0.05, 0.1) is 0 Å². The molecule has 0 aliphatic heterocycles. The smallest absolute Gasteiger partial charge is 0.303 e. The van der Waals surface area contributed by atoms with Crippen molar-refractivity contribution in [1.29, 1.82) is 0 Å². The molecule has 1 saturated carbocycles. The number of hydrogen-bond donors (Lipinski definition) is 2. The first kappa shape index (κ1) is 29.6. The molecule has 1 rings (SSSR count). The Labute approximate surface area is 202 Å². The van der Waals surface area contributed by atoms with Crippen molar-refractivity contribution in [2.24, 2.45) is 11.8 Å². The number of aliphatic carboxylic acids is 1. The van der Waals surface area contributed by atoms with Crippen molar-refractivity contribution in [2.45, 2.75) is 141 Å². The van der Waals surface area contributed by atoms with E-state index in [2.05, 4.69) is 5.32 Å². The van der Waals surface area contributed by atoms with Gasteiger partial charge in [-0.3, -0.25) is 9.59 Å². The van der Waals surface area contributed by atoms with Gasteiger partial charge in [-0.15, -0.1) is 0 Å². The molecular formula is C28H51NO4. The Morgan fingerprint density at radius 3 is 1.42 bits per heavy atom. The third kappa shape index (κ3) is 18.7. The lowest BCUT2D eigenvalue weighted by Crippen LogP contribution is -2.31. The fraction of sp³-hybridized carbons (Fsp3) is 0.893. The predicted octanol–water partition coefficient (Wildman–Crippen LogP) is 7.21. The number of aldehydes is 1. The van der Waals surface area contributed by atoms with Crippen molar-refractivity contribution < 1.29 is 19.5 Å². The second-order valence-electron chi connectivity index (χ2n) is 10.3. The first-order valence-electron chi connectivity index (χ1n) is 14.1. The molecule has 0 heterocycles. The molecule has 0 saturated heterocycles. The molecule has 0 bridgehead atoms. The average Bonchev–Trinajstić information content (AvgIpc) is 2.82.